The van der Waals surface area contributed by atoms with E-state index in [0.717, 1.165) is 16.0 Å². The lowest BCUT2D eigenvalue weighted by Crippen LogP contribution is -2.02. The van der Waals surface area contributed by atoms with E-state index in [4.69, 9.17) is 9.47 Å². The minimum atomic E-state index is -0.144. The van der Waals surface area contributed by atoms with Gasteiger partial charge in [-0.3, -0.25) is 9.59 Å². The van der Waals surface area contributed by atoms with Crippen molar-refractivity contribution >= 4 is 27.3 Å². The van der Waals surface area contributed by atoms with E-state index in [1.165, 1.54) is 7.11 Å². The third-order valence-corrected chi connectivity index (χ3v) is 4.19. The van der Waals surface area contributed by atoms with Crippen molar-refractivity contribution in [2.24, 2.45) is 0 Å². The van der Waals surface area contributed by atoms with E-state index < -0.39 is 0 Å². The first-order valence-corrected chi connectivity index (χ1v) is 7.33. The number of H-pyrrole nitrogens is 1. The van der Waals surface area contributed by atoms with Crippen LogP contribution in [-0.2, 0) is 0 Å². The number of fused-ring (bicyclic) bond motifs is 1. The predicted molar refractivity (Wildman–Crippen MR) is 85.4 cm³/mol. The molecule has 1 N–H and O–H groups in total. The average Bonchev–Trinajstić information content (AvgIpc) is 2.92. The number of thiazole rings is 1. The Hall–Kier alpha value is -2.60. The van der Waals surface area contributed by atoms with Crippen LogP contribution >= 0.6 is 11.3 Å². The Kier molecular flexibility index (Phi) is 3.68. The number of rotatable bonds is 4. The third kappa shape index (κ3) is 2.48. The highest BCUT2D eigenvalue weighted by Crippen LogP contribution is 2.29. The predicted octanol–water partition coefficient (Wildman–Crippen LogP) is 2.84. The van der Waals surface area contributed by atoms with Crippen molar-refractivity contribution in [1.29, 1.82) is 0 Å². The summed E-state index contributed by atoms with van der Waals surface area (Å²) < 4.78 is 11.2. The Morgan fingerprint density at radius 1 is 1.00 bits per heavy atom. The molecule has 0 bridgehead atoms. The normalized spacial score (nSPS) is 10.6. The van der Waals surface area contributed by atoms with Crippen LogP contribution in [0.3, 0.4) is 0 Å². The molecule has 22 heavy (non-hydrogen) atoms. The summed E-state index contributed by atoms with van der Waals surface area (Å²) in [5.74, 6) is 0.921. The average molecular weight is 315 g/mol. The molecule has 0 radical (unpaired) electrons. The summed E-state index contributed by atoms with van der Waals surface area (Å²) in [7, 11) is 3.06. The molecule has 1 heterocycles. The highest BCUT2D eigenvalue weighted by Gasteiger charge is 2.14. The molecule has 0 saturated carbocycles. The molecular formula is C16H13NO4S. The van der Waals surface area contributed by atoms with Gasteiger partial charge >= 0.3 is 4.87 Å². The number of aromatic nitrogens is 1. The van der Waals surface area contributed by atoms with Gasteiger partial charge in [-0.25, -0.2) is 0 Å². The number of ether oxygens (including phenoxy) is 2. The largest absolute Gasteiger partial charge is 0.493 e. The van der Waals surface area contributed by atoms with Crippen molar-refractivity contribution in [3.8, 4) is 11.5 Å². The first-order chi connectivity index (χ1) is 10.6. The number of hydrogen-bond acceptors (Lipinski definition) is 5. The number of ketones is 1. The number of hydrogen-bond donors (Lipinski definition) is 1. The number of carbonyl (C=O) groups excluding carboxylic acids is 1. The molecule has 1 aromatic heterocycles. The topological polar surface area (TPSA) is 68.4 Å². The fourth-order valence-corrected chi connectivity index (χ4v) is 2.95. The first kappa shape index (κ1) is 14.3. The summed E-state index contributed by atoms with van der Waals surface area (Å²) in [6.45, 7) is 0. The number of methoxy groups -OCH3 is 2. The molecule has 6 heteroatoms. The lowest BCUT2D eigenvalue weighted by atomic mass is 10.0. The molecule has 2 aromatic carbocycles. The van der Waals surface area contributed by atoms with Gasteiger partial charge in [0.05, 0.1) is 24.4 Å². The van der Waals surface area contributed by atoms with Gasteiger partial charge in [0, 0.05) is 11.1 Å². The van der Waals surface area contributed by atoms with Crippen molar-refractivity contribution in [2.45, 2.75) is 0 Å². The minimum Gasteiger partial charge on any atom is -0.493 e. The Morgan fingerprint density at radius 2 is 1.68 bits per heavy atom. The van der Waals surface area contributed by atoms with Gasteiger partial charge in [0.2, 0.25) is 0 Å². The van der Waals surface area contributed by atoms with Gasteiger partial charge in [0.25, 0.3) is 0 Å². The van der Waals surface area contributed by atoms with E-state index in [2.05, 4.69) is 4.98 Å². The van der Waals surface area contributed by atoms with Crippen LogP contribution < -0.4 is 14.3 Å². The van der Waals surface area contributed by atoms with Crippen LogP contribution in [0.4, 0.5) is 0 Å². The molecular weight excluding hydrogens is 302 g/mol. The maximum absolute atomic E-state index is 12.6. The summed E-state index contributed by atoms with van der Waals surface area (Å²) in [5, 5.41) is 0. The van der Waals surface area contributed by atoms with Gasteiger partial charge in [0.1, 0.15) is 0 Å². The molecule has 5 nitrogen and oxygen atoms in total. The summed E-state index contributed by atoms with van der Waals surface area (Å²) in [5.41, 5.74) is 1.67. The quantitative estimate of drug-likeness (QED) is 0.752. The zero-order valence-corrected chi connectivity index (χ0v) is 12.8. The van der Waals surface area contributed by atoms with Gasteiger partial charge in [0.15, 0.2) is 17.3 Å². The van der Waals surface area contributed by atoms with E-state index in [9.17, 15) is 9.59 Å². The number of aromatic amines is 1. The summed E-state index contributed by atoms with van der Waals surface area (Å²) >= 11 is 1.12. The molecule has 0 amide bonds. The second kappa shape index (κ2) is 5.65. The summed E-state index contributed by atoms with van der Waals surface area (Å²) in [6.07, 6.45) is 0. The van der Waals surface area contributed by atoms with Crippen LogP contribution in [0.1, 0.15) is 15.9 Å². The maximum Gasteiger partial charge on any atom is 0.305 e. The summed E-state index contributed by atoms with van der Waals surface area (Å²) in [6, 6.07) is 10.2. The smallest absolute Gasteiger partial charge is 0.305 e. The Morgan fingerprint density at radius 3 is 2.41 bits per heavy atom. The van der Waals surface area contributed by atoms with Crippen LogP contribution in [-0.4, -0.2) is 25.0 Å². The SMILES string of the molecule is COc1ccc(C(=O)c2ccc3sc(=O)[nH]c3c2)cc1OC. The molecule has 0 atom stereocenters. The second-order valence-corrected chi connectivity index (χ2v) is 5.64. The molecule has 3 rings (SSSR count). The molecule has 0 aliphatic carbocycles. The molecule has 0 saturated heterocycles. The van der Waals surface area contributed by atoms with E-state index in [-0.39, 0.29) is 10.7 Å². The monoisotopic (exact) mass is 315 g/mol. The van der Waals surface area contributed by atoms with Crippen molar-refractivity contribution in [2.75, 3.05) is 14.2 Å². The fraction of sp³-hybridized carbons (Fsp3) is 0.125. The lowest BCUT2D eigenvalue weighted by molar-refractivity contribution is 0.103. The zero-order valence-electron chi connectivity index (χ0n) is 12.0. The van der Waals surface area contributed by atoms with Crippen LogP contribution in [0.25, 0.3) is 10.2 Å². The maximum atomic E-state index is 12.6. The first-order valence-electron chi connectivity index (χ1n) is 6.52. The van der Waals surface area contributed by atoms with Crippen LogP contribution in [0, 0.1) is 0 Å². The number of benzene rings is 2. The zero-order chi connectivity index (χ0) is 15.7. The third-order valence-electron chi connectivity index (χ3n) is 3.33. The molecule has 0 fully saturated rings. The lowest BCUT2D eigenvalue weighted by Gasteiger charge is -2.09. The Balaban J connectivity index is 2.03. The fourth-order valence-electron chi connectivity index (χ4n) is 2.24. The molecule has 0 spiro atoms. The van der Waals surface area contributed by atoms with Crippen molar-refractivity contribution in [1.82, 2.24) is 4.98 Å². The van der Waals surface area contributed by atoms with E-state index in [0.29, 0.717) is 28.1 Å². The van der Waals surface area contributed by atoms with Crippen molar-refractivity contribution in [3.05, 3.63) is 57.2 Å². The molecule has 0 aliphatic rings. The standard InChI is InChI=1S/C16H13NO4S/c1-20-12-5-3-10(8-13(12)21-2)15(18)9-4-6-14-11(7-9)17-16(19)22-14/h3-8H,1-2H3,(H,17,19). The van der Waals surface area contributed by atoms with Crippen LogP contribution in [0.2, 0.25) is 0 Å². The molecule has 3 aromatic rings. The Labute approximate surface area is 130 Å². The highest BCUT2D eigenvalue weighted by atomic mass is 32.1. The van der Waals surface area contributed by atoms with E-state index >= 15 is 0 Å². The Bertz CT molecular complexity index is 910. The molecule has 112 valence electrons. The molecule has 0 aliphatic heterocycles. The minimum absolute atomic E-state index is 0.134. The van der Waals surface area contributed by atoms with Gasteiger partial charge in [-0.1, -0.05) is 11.3 Å². The van der Waals surface area contributed by atoms with E-state index in [1.54, 1.807) is 43.5 Å². The second-order valence-electron chi connectivity index (χ2n) is 4.62. The molecule has 0 unspecified atom stereocenters. The number of carbonyl (C=O) groups is 1. The van der Waals surface area contributed by atoms with E-state index in [1.807, 2.05) is 0 Å². The van der Waals surface area contributed by atoms with Crippen LogP contribution in [0.5, 0.6) is 11.5 Å². The van der Waals surface area contributed by atoms with Gasteiger partial charge < -0.3 is 14.5 Å². The van der Waals surface area contributed by atoms with Crippen molar-refractivity contribution in [3.63, 3.8) is 0 Å². The van der Waals surface area contributed by atoms with Crippen LogP contribution in [0.15, 0.2) is 41.2 Å². The van der Waals surface area contributed by atoms with Crippen molar-refractivity contribution < 1.29 is 14.3 Å². The highest BCUT2D eigenvalue weighted by molar-refractivity contribution is 7.16. The van der Waals surface area contributed by atoms with Gasteiger partial charge in [-0.2, -0.15) is 0 Å². The summed E-state index contributed by atoms with van der Waals surface area (Å²) in [4.78, 5) is 26.5. The van der Waals surface area contributed by atoms with Gasteiger partial charge in [-0.15, -0.1) is 0 Å². The van der Waals surface area contributed by atoms with Gasteiger partial charge in [-0.05, 0) is 36.4 Å². The number of nitrogens with one attached hydrogen (secondary N) is 1.